The summed E-state index contributed by atoms with van der Waals surface area (Å²) >= 11 is 3.35. The fourth-order valence-electron chi connectivity index (χ4n) is 9.65. The van der Waals surface area contributed by atoms with E-state index in [2.05, 4.69) is 62.9 Å². The first-order valence-corrected chi connectivity index (χ1v) is 32.8. The fraction of sp³-hybridized carbons (Fsp3) is 0.397. The number of halogens is 2. The van der Waals surface area contributed by atoms with Gasteiger partial charge in [0.15, 0.2) is 0 Å². The SMILES string of the molecule is CC(C)(C)OC(=O)N[C@@H]1CCCN(c2c(F)cccc2NC(=O)c2nc(-c3cnn(Cc4cccs4)c3)cn2COCC[Si](C)(C)C)C1.N[C@@H]1CCCN(c2c(F)cccc2NC(=O)C2=NC(c3cnn(Cc4cccs4)c3)=CC2)C1. The second kappa shape index (κ2) is 26.1. The number of rotatable bonds is 18. The number of carbonyl (C=O) groups is 3. The number of allylic oxidation sites excluding steroid dienone is 1. The van der Waals surface area contributed by atoms with E-state index < -0.39 is 31.5 Å². The summed E-state index contributed by atoms with van der Waals surface area (Å²) in [5, 5.41) is 21.7. The molecule has 428 valence electrons. The molecule has 2 fully saturated rings. The number of imidazole rings is 1. The van der Waals surface area contributed by atoms with Crippen molar-refractivity contribution in [3.63, 3.8) is 0 Å². The Labute approximate surface area is 480 Å². The second-order valence-corrected chi connectivity index (χ2v) is 30.3. The molecule has 18 nitrogen and oxygen atoms in total. The lowest BCUT2D eigenvalue weighted by atomic mass is 10.0. The number of nitrogens with one attached hydrogen (secondary N) is 3. The van der Waals surface area contributed by atoms with Crippen molar-refractivity contribution in [1.82, 2.24) is 34.4 Å². The fourth-order valence-corrected chi connectivity index (χ4v) is 11.8. The number of amides is 3. The summed E-state index contributed by atoms with van der Waals surface area (Å²) in [5.74, 6) is -1.52. The van der Waals surface area contributed by atoms with E-state index in [1.54, 1.807) is 90.9 Å². The van der Waals surface area contributed by atoms with Gasteiger partial charge >= 0.3 is 6.09 Å². The Morgan fingerprint density at radius 1 is 0.778 bits per heavy atom. The molecule has 81 heavy (non-hydrogen) atoms. The Balaban J connectivity index is 0.000000209. The van der Waals surface area contributed by atoms with Crippen LogP contribution in [-0.2, 0) is 34.1 Å². The third kappa shape index (κ3) is 16.0. The molecule has 3 aliphatic heterocycles. The van der Waals surface area contributed by atoms with Crippen LogP contribution in [0.2, 0.25) is 25.7 Å². The molecule has 10 rings (SSSR count). The zero-order valence-electron chi connectivity index (χ0n) is 46.7. The summed E-state index contributed by atoms with van der Waals surface area (Å²) in [6.45, 7) is 16.5. The number of benzene rings is 2. The van der Waals surface area contributed by atoms with E-state index >= 15 is 4.39 Å². The molecule has 2 saturated heterocycles. The minimum absolute atomic E-state index is 0.00592. The monoisotopic (exact) mass is 1160 g/mol. The van der Waals surface area contributed by atoms with Crippen LogP contribution in [0, 0.1) is 11.6 Å². The molecule has 23 heteroatoms. The number of aliphatic imine (C=N–C) groups is 1. The Morgan fingerprint density at radius 2 is 1.38 bits per heavy atom. The van der Waals surface area contributed by atoms with E-state index in [0.717, 1.165) is 48.6 Å². The maximum absolute atomic E-state index is 15.5. The van der Waals surface area contributed by atoms with E-state index in [1.165, 1.54) is 21.9 Å². The molecule has 0 aliphatic carbocycles. The highest BCUT2D eigenvalue weighted by atomic mass is 32.1. The minimum atomic E-state index is -1.32. The summed E-state index contributed by atoms with van der Waals surface area (Å²) in [4.78, 5) is 54.7. The van der Waals surface area contributed by atoms with E-state index in [9.17, 15) is 18.8 Å². The van der Waals surface area contributed by atoms with Crippen molar-refractivity contribution in [1.29, 1.82) is 0 Å². The van der Waals surface area contributed by atoms with Crippen molar-refractivity contribution in [2.75, 3.05) is 53.2 Å². The van der Waals surface area contributed by atoms with Crippen LogP contribution in [0.3, 0.4) is 0 Å². The lowest BCUT2D eigenvalue weighted by Crippen LogP contribution is -2.49. The largest absolute Gasteiger partial charge is 0.444 e. The van der Waals surface area contributed by atoms with E-state index in [-0.39, 0.29) is 42.1 Å². The summed E-state index contributed by atoms with van der Waals surface area (Å²) < 4.78 is 47.1. The van der Waals surface area contributed by atoms with Gasteiger partial charge in [0, 0.05) is 98.8 Å². The average Bonchev–Trinajstić information content (AvgIpc) is 4.48. The highest BCUT2D eigenvalue weighted by Gasteiger charge is 2.30. The van der Waals surface area contributed by atoms with Gasteiger partial charge in [-0.05, 0) is 99.7 Å². The molecule has 5 N–H and O–H groups in total. The summed E-state index contributed by atoms with van der Waals surface area (Å²) in [7, 11) is -1.32. The van der Waals surface area contributed by atoms with Crippen LogP contribution in [0.15, 0.2) is 113 Å². The van der Waals surface area contributed by atoms with Crippen molar-refractivity contribution in [3.8, 4) is 11.3 Å². The van der Waals surface area contributed by atoms with Gasteiger partial charge in [-0.2, -0.15) is 10.2 Å². The maximum Gasteiger partial charge on any atom is 0.407 e. The Hall–Kier alpha value is -7.31. The van der Waals surface area contributed by atoms with Crippen molar-refractivity contribution in [2.24, 2.45) is 10.7 Å². The number of nitrogens with zero attached hydrogens (tertiary/aromatic N) is 9. The highest BCUT2D eigenvalue weighted by molar-refractivity contribution is 7.10. The lowest BCUT2D eigenvalue weighted by molar-refractivity contribution is -0.110. The molecule has 0 radical (unpaired) electrons. The van der Waals surface area contributed by atoms with E-state index in [4.69, 9.17) is 20.2 Å². The number of thiophene rings is 2. The van der Waals surface area contributed by atoms with Crippen molar-refractivity contribution < 1.29 is 32.6 Å². The van der Waals surface area contributed by atoms with Crippen molar-refractivity contribution in [2.45, 2.75) is 116 Å². The zero-order valence-corrected chi connectivity index (χ0v) is 49.3. The Kier molecular flexibility index (Phi) is 18.8. The number of hydrogen-bond acceptors (Lipinski definition) is 14. The smallest absolute Gasteiger partial charge is 0.407 e. The van der Waals surface area contributed by atoms with Crippen LogP contribution in [0.1, 0.15) is 78.8 Å². The Morgan fingerprint density at radius 3 is 1.99 bits per heavy atom. The zero-order chi connectivity index (χ0) is 57.3. The molecule has 5 aromatic heterocycles. The first kappa shape index (κ1) is 58.3. The molecule has 7 aromatic rings. The topological polar surface area (TPSA) is 204 Å². The van der Waals surface area contributed by atoms with Crippen LogP contribution in [0.4, 0.5) is 36.3 Å². The summed E-state index contributed by atoms with van der Waals surface area (Å²) in [5.41, 5.74) is 10.2. The Bertz CT molecular complexity index is 3340. The van der Waals surface area contributed by atoms with Crippen molar-refractivity contribution >= 4 is 82.8 Å². The van der Waals surface area contributed by atoms with Gasteiger partial charge in [0.25, 0.3) is 11.8 Å². The summed E-state index contributed by atoms with van der Waals surface area (Å²) in [6.07, 6.45) is 14.2. The first-order chi connectivity index (χ1) is 38.8. The number of ether oxygens (including phenoxy) is 2. The van der Waals surface area contributed by atoms with Crippen LogP contribution in [0.25, 0.3) is 17.0 Å². The van der Waals surface area contributed by atoms with Gasteiger partial charge in [0.05, 0.1) is 59.6 Å². The van der Waals surface area contributed by atoms with Gasteiger partial charge in [0.1, 0.15) is 29.7 Å². The van der Waals surface area contributed by atoms with Crippen LogP contribution in [-0.4, -0.2) is 111 Å². The summed E-state index contributed by atoms with van der Waals surface area (Å²) in [6, 6.07) is 18.2. The van der Waals surface area contributed by atoms with Crippen LogP contribution < -0.4 is 31.5 Å². The van der Waals surface area contributed by atoms with E-state index in [1.807, 2.05) is 60.5 Å². The minimum Gasteiger partial charge on any atom is -0.444 e. The highest BCUT2D eigenvalue weighted by Crippen LogP contribution is 2.34. The molecule has 0 spiro atoms. The third-order valence-corrected chi connectivity index (χ3v) is 17.0. The lowest BCUT2D eigenvalue weighted by Gasteiger charge is -2.36. The molecule has 8 heterocycles. The van der Waals surface area contributed by atoms with Gasteiger partial charge in [-0.25, -0.2) is 23.6 Å². The number of hydrogen-bond donors (Lipinski definition) is 4. The van der Waals surface area contributed by atoms with Gasteiger partial charge in [-0.3, -0.25) is 19.0 Å². The predicted molar refractivity (Wildman–Crippen MR) is 320 cm³/mol. The number of anilines is 4. The van der Waals surface area contributed by atoms with Crippen LogP contribution in [0.5, 0.6) is 0 Å². The molecule has 0 saturated carbocycles. The normalized spacial score (nSPS) is 16.6. The molecule has 3 amide bonds. The standard InChI is InChI=1S/C34H46FN7O4SSi.C24H25FN6OS/c1-34(2,3)46-33(44)37-25-10-8-14-40(20-25)30-27(35)12-7-13-28(30)39-32(43)31-38-29(22-41(31)23-45-15-17-48(4,5)6)24-18-36-42(19-24)21-26-11-9-16-47-26;25-19-6-1-7-21(23(19)30-10-2-4-17(26)14-30)29-24(32)22-9-8-20(28-22)16-12-27-31(13-16)15-18-5-3-11-33-18/h7,9,11-13,16,18-19,22,25H,8,10,14-15,17,20-21,23H2,1-6H3,(H,37,44)(H,39,43);1,3,5-8,11-13,17H,2,4,9-10,14-15,26H2,(H,29,32)/t25-;17-/m11/s1. The molecule has 0 bridgehead atoms. The maximum atomic E-state index is 15.5. The number of nitrogens with two attached hydrogens (primary N) is 1. The number of alkyl carbamates (subject to hydrolysis) is 1. The van der Waals surface area contributed by atoms with Gasteiger partial charge in [-0.15, -0.1) is 22.7 Å². The predicted octanol–water partition coefficient (Wildman–Crippen LogP) is 10.9. The molecule has 3 aliphatic rings. The van der Waals surface area contributed by atoms with Gasteiger partial charge in [-0.1, -0.05) is 50.0 Å². The number of piperidine rings is 2. The molecular formula is C58H71F2N13O5S2Si. The number of carbonyl (C=O) groups excluding carboxylic acids is 3. The quantitative estimate of drug-likeness (QED) is 0.0470. The molecule has 0 unspecified atom stereocenters. The second-order valence-electron chi connectivity index (χ2n) is 22.6. The van der Waals surface area contributed by atoms with Gasteiger partial charge in [0.2, 0.25) is 5.82 Å². The molecular weight excluding hydrogens is 1090 g/mol. The molecule has 2 atom stereocenters. The molecule has 2 aromatic carbocycles. The van der Waals surface area contributed by atoms with Gasteiger partial charge < -0.3 is 45.5 Å². The average molecular weight is 1160 g/mol. The number of para-hydroxylation sites is 2. The van der Waals surface area contributed by atoms with Crippen molar-refractivity contribution in [3.05, 3.63) is 141 Å². The first-order valence-electron chi connectivity index (χ1n) is 27.3. The van der Waals surface area contributed by atoms with E-state index in [0.29, 0.717) is 80.8 Å². The van der Waals surface area contributed by atoms with Crippen LogP contribution >= 0.6 is 22.7 Å². The third-order valence-electron chi connectivity index (χ3n) is 13.6. The number of aromatic nitrogens is 6.